The molecule has 31 heavy (non-hydrogen) atoms. The summed E-state index contributed by atoms with van der Waals surface area (Å²) in [6, 6.07) is 6.21. The van der Waals surface area contributed by atoms with Crippen molar-refractivity contribution in [1.82, 2.24) is 9.21 Å². The van der Waals surface area contributed by atoms with Crippen LogP contribution in [0.25, 0.3) is 0 Å². The summed E-state index contributed by atoms with van der Waals surface area (Å²) in [5, 5.41) is 2.43. The minimum atomic E-state index is -4.56. The summed E-state index contributed by atoms with van der Waals surface area (Å²) in [5.74, 6) is -2.62. The van der Waals surface area contributed by atoms with Gasteiger partial charge in [0.2, 0.25) is 15.9 Å². The van der Waals surface area contributed by atoms with Crippen molar-refractivity contribution in [2.45, 2.75) is 11.1 Å². The van der Waals surface area contributed by atoms with Gasteiger partial charge in [0.25, 0.3) is 0 Å². The van der Waals surface area contributed by atoms with Gasteiger partial charge in [-0.05, 0) is 36.4 Å². The van der Waals surface area contributed by atoms with E-state index in [4.69, 9.17) is 0 Å². The number of halogens is 5. The molecule has 0 unspecified atom stereocenters. The first-order valence-corrected chi connectivity index (χ1v) is 10.6. The predicted molar refractivity (Wildman–Crippen MR) is 102 cm³/mol. The van der Waals surface area contributed by atoms with Crippen molar-refractivity contribution in [1.29, 1.82) is 0 Å². The fraction of sp³-hybridized carbons (Fsp3) is 0.316. The Morgan fingerprint density at radius 1 is 0.935 bits per heavy atom. The van der Waals surface area contributed by atoms with E-state index in [1.54, 1.807) is 4.90 Å². The quantitative estimate of drug-likeness (QED) is 0.693. The Morgan fingerprint density at radius 3 is 2.10 bits per heavy atom. The highest BCUT2D eigenvalue weighted by atomic mass is 32.2. The van der Waals surface area contributed by atoms with Crippen LogP contribution in [0.2, 0.25) is 0 Å². The number of hydrogen-bond donors (Lipinski definition) is 1. The number of nitrogens with zero attached hydrogens (tertiary/aromatic N) is 2. The third-order valence-electron chi connectivity index (χ3n) is 4.72. The Hall–Kier alpha value is -2.57. The molecule has 0 spiro atoms. The molecule has 3 rings (SSSR count). The molecule has 6 nitrogen and oxygen atoms in total. The molecule has 1 saturated heterocycles. The summed E-state index contributed by atoms with van der Waals surface area (Å²) < 4.78 is 90.6. The van der Waals surface area contributed by atoms with Gasteiger partial charge in [0.15, 0.2) is 11.6 Å². The molecule has 1 heterocycles. The summed E-state index contributed by atoms with van der Waals surface area (Å²) in [6.45, 7) is 0.424. The van der Waals surface area contributed by atoms with Gasteiger partial charge in [0, 0.05) is 37.9 Å². The van der Waals surface area contributed by atoms with E-state index in [0.29, 0.717) is 12.1 Å². The molecule has 0 aromatic heterocycles. The van der Waals surface area contributed by atoms with E-state index < -0.39 is 39.3 Å². The highest BCUT2D eigenvalue weighted by molar-refractivity contribution is 7.89. The largest absolute Gasteiger partial charge is 0.416 e. The van der Waals surface area contributed by atoms with Crippen LogP contribution in [0.15, 0.2) is 47.4 Å². The van der Waals surface area contributed by atoms with Gasteiger partial charge >= 0.3 is 6.18 Å². The second kappa shape index (κ2) is 8.89. The topological polar surface area (TPSA) is 69.7 Å². The van der Waals surface area contributed by atoms with Gasteiger partial charge in [-0.15, -0.1) is 0 Å². The maximum atomic E-state index is 13.2. The van der Waals surface area contributed by atoms with Gasteiger partial charge in [0.05, 0.1) is 17.0 Å². The van der Waals surface area contributed by atoms with E-state index >= 15 is 0 Å². The number of rotatable bonds is 5. The zero-order chi connectivity index (χ0) is 22.8. The Labute approximate surface area is 175 Å². The van der Waals surface area contributed by atoms with Crippen molar-refractivity contribution in [3.8, 4) is 0 Å². The number of carbonyl (C=O) groups excluding carboxylic acids is 1. The normalized spacial score (nSPS) is 16.3. The third kappa shape index (κ3) is 5.57. The first kappa shape index (κ1) is 23.1. The van der Waals surface area contributed by atoms with Crippen LogP contribution in [-0.2, 0) is 21.0 Å². The van der Waals surface area contributed by atoms with Gasteiger partial charge < -0.3 is 5.32 Å². The Morgan fingerprint density at radius 2 is 1.55 bits per heavy atom. The van der Waals surface area contributed by atoms with Crippen LogP contribution in [-0.4, -0.2) is 56.3 Å². The van der Waals surface area contributed by atoms with E-state index in [1.807, 2.05) is 0 Å². The fourth-order valence-electron chi connectivity index (χ4n) is 3.07. The van der Waals surface area contributed by atoms with Gasteiger partial charge in [-0.25, -0.2) is 17.2 Å². The average molecular weight is 463 g/mol. The van der Waals surface area contributed by atoms with E-state index in [-0.39, 0.29) is 43.3 Å². The minimum Gasteiger partial charge on any atom is -0.325 e. The van der Waals surface area contributed by atoms with E-state index in [1.165, 1.54) is 6.07 Å². The van der Waals surface area contributed by atoms with Gasteiger partial charge in [0.1, 0.15) is 0 Å². The van der Waals surface area contributed by atoms with Crippen LogP contribution in [0, 0.1) is 11.6 Å². The molecule has 12 heteroatoms. The number of nitrogens with one attached hydrogen (secondary N) is 1. The van der Waals surface area contributed by atoms with E-state index in [0.717, 1.165) is 28.6 Å². The van der Waals surface area contributed by atoms with Gasteiger partial charge in [-0.1, -0.05) is 0 Å². The highest BCUT2D eigenvalue weighted by Gasteiger charge is 2.32. The molecule has 0 saturated carbocycles. The number of amides is 1. The second-order valence-electron chi connectivity index (χ2n) is 6.88. The molecule has 1 aliphatic rings. The lowest BCUT2D eigenvalue weighted by Gasteiger charge is -2.33. The van der Waals surface area contributed by atoms with Crippen LogP contribution in [0.3, 0.4) is 0 Å². The molecule has 0 atom stereocenters. The van der Waals surface area contributed by atoms with E-state index in [2.05, 4.69) is 5.32 Å². The highest BCUT2D eigenvalue weighted by Crippen LogP contribution is 2.30. The van der Waals surface area contributed by atoms with Crippen LogP contribution in [0.5, 0.6) is 0 Å². The van der Waals surface area contributed by atoms with Gasteiger partial charge in [-0.3, -0.25) is 9.69 Å². The summed E-state index contributed by atoms with van der Waals surface area (Å²) in [7, 11) is -3.97. The zero-order valence-corrected chi connectivity index (χ0v) is 16.8. The SMILES string of the molecule is O=C(CN1CCN(S(=O)(=O)c2ccc(C(F)(F)F)cc2)CC1)Nc1ccc(F)c(F)c1. The molecule has 0 radical (unpaired) electrons. The van der Waals surface area contributed by atoms with Crippen molar-refractivity contribution >= 4 is 21.6 Å². The Kier molecular flexibility index (Phi) is 6.62. The summed E-state index contributed by atoms with van der Waals surface area (Å²) in [4.78, 5) is 13.5. The standard InChI is InChI=1S/C19H18F5N3O3S/c20-16-6-3-14(11-17(16)21)25-18(28)12-26-7-9-27(10-8-26)31(29,30)15-4-1-13(2-5-15)19(22,23)24/h1-6,11H,7-10,12H2,(H,25,28). The average Bonchev–Trinajstić information content (AvgIpc) is 2.70. The predicted octanol–water partition coefficient (Wildman–Crippen LogP) is 2.93. The number of carbonyl (C=O) groups is 1. The first-order valence-electron chi connectivity index (χ1n) is 9.11. The van der Waals surface area contributed by atoms with Crippen LogP contribution < -0.4 is 5.32 Å². The molecular weight excluding hydrogens is 445 g/mol. The molecular formula is C19H18F5N3O3S. The number of anilines is 1. The lowest BCUT2D eigenvalue weighted by atomic mass is 10.2. The summed E-state index contributed by atoms with van der Waals surface area (Å²) in [6.07, 6.45) is -4.56. The lowest BCUT2D eigenvalue weighted by Crippen LogP contribution is -2.50. The molecule has 0 bridgehead atoms. The molecule has 1 N–H and O–H groups in total. The van der Waals surface area contributed by atoms with Crippen molar-refractivity contribution in [2.24, 2.45) is 0 Å². The smallest absolute Gasteiger partial charge is 0.325 e. The molecule has 2 aromatic carbocycles. The van der Waals surface area contributed by atoms with Crippen molar-refractivity contribution in [3.63, 3.8) is 0 Å². The number of alkyl halides is 3. The lowest BCUT2D eigenvalue weighted by molar-refractivity contribution is -0.137. The number of piperazine rings is 1. The Balaban J connectivity index is 1.55. The number of benzene rings is 2. The van der Waals surface area contributed by atoms with Crippen LogP contribution in [0.1, 0.15) is 5.56 Å². The van der Waals surface area contributed by atoms with Crippen LogP contribution >= 0.6 is 0 Å². The van der Waals surface area contributed by atoms with Gasteiger partial charge in [-0.2, -0.15) is 17.5 Å². The molecule has 1 aliphatic heterocycles. The zero-order valence-electron chi connectivity index (χ0n) is 16.0. The third-order valence-corrected chi connectivity index (χ3v) is 6.63. The number of hydrogen-bond acceptors (Lipinski definition) is 4. The number of sulfonamides is 1. The summed E-state index contributed by atoms with van der Waals surface area (Å²) >= 11 is 0. The molecule has 0 aliphatic carbocycles. The van der Waals surface area contributed by atoms with Crippen LogP contribution in [0.4, 0.5) is 27.6 Å². The molecule has 168 valence electrons. The molecule has 1 amide bonds. The molecule has 1 fully saturated rings. The van der Waals surface area contributed by atoms with Crippen molar-refractivity contribution < 1.29 is 35.2 Å². The maximum absolute atomic E-state index is 13.2. The van der Waals surface area contributed by atoms with E-state index in [9.17, 15) is 35.2 Å². The monoisotopic (exact) mass is 463 g/mol. The van der Waals surface area contributed by atoms with Crippen molar-refractivity contribution in [3.05, 3.63) is 59.7 Å². The minimum absolute atomic E-state index is 0.0435. The second-order valence-corrected chi connectivity index (χ2v) is 8.82. The summed E-state index contributed by atoms with van der Waals surface area (Å²) in [5.41, 5.74) is -0.851. The first-order chi connectivity index (χ1) is 14.5. The van der Waals surface area contributed by atoms with Crippen molar-refractivity contribution in [2.75, 3.05) is 38.0 Å². The fourth-order valence-corrected chi connectivity index (χ4v) is 4.49. The maximum Gasteiger partial charge on any atom is 0.416 e. The Bertz CT molecular complexity index is 1050. The molecule has 2 aromatic rings.